The molecular weight excluding hydrogens is 484 g/mol. The maximum atomic E-state index is 11.7. The molecule has 0 aliphatic rings. The van der Waals surface area contributed by atoms with Crippen molar-refractivity contribution in [1.82, 2.24) is 0 Å². The molecule has 3 nitrogen and oxygen atoms in total. The Morgan fingerprint density at radius 2 is 1.57 bits per heavy atom. The number of hydrogen-bond acceptors (Lipinski definition) is 3. The van der Waals surface area contributed by atoms with Gasteiger partial charge in [0, 0.05) is 20.1 Å². The first-order chi connectivity index (χ1) is 13.6. The lowest BCUT2D eigenvalue weighted by atomic mass is 10.1. The Morgan fingerprint density at radius 3 is 2.25 bits per heavy atom. The summed E-state index contributed by atoms with van der Waals surface area (Å²) < 4.78 is 12.4. The lowest BCUT2D eigenvalue weighted by Crippen LogP contribution is -2.01. The van der Waals surface area contributed by atoms with Crippen molar-refractivity contribution >= 4 is 50.0 Å². The third kappa shape index (κ3) is 5.12. The molecule has 3 aromatic carbocycles. The molecule has 0 fully saturated rings. The number of halogens is 2. The Bertz CT molecular complexity index is 975. The number of esters is 1. The van der Waals surface area contributed by atoms with Crippen LogP contribution in [0.25, 0.3) is 12.2 Å². The number of hydrogen-bond donors (Lipinski definition) is 0. The molecule has 5 heteroatoms. The van der Waals surface area contributed by atoms with Gasteiger partial charge in [0.15, 0.2) is 0 Å². The van der Waals surface area contributed by atoms with Gasteiger partial charge in [0.1, 0.15) is 12.4 Å². The van der Waals surface area contributed by atoms with Crippen LogP contribution in [0.1, 0.15) is 27.0 Å². The maximum absolute atomic E-state index is 11.7. The molecule has 142 valence electrons. The molecule has 0 amide bonds. The summed E-state index contributed by atoms with van der Waals surface area (Å²) in [6.07, 6.45) is 3.96. The largest absolute Gasteiger partial charge is 0.488 e. The zero-order valence-electron chi connectivity index (χ0n) is 15.2. The molecule has 28 heavy (non-hydrogen) atoms. The molecule has 3 rings (SSSR count). The van der Waals surface area contributed by atoms with Crippen molar-refractivity contribution in [2.24, 2.45) is 0 Å². The fourth-order valence-electron chi connectivity index (χ4n) is 2.64. The number of para-hydroxylation sites is 1. The smallest absolute Gasteiger partial charge is 0.337 e. The van der Waals surface area contributed by atoms with Crippen LogP contribution in [0.3, 0.4) is 0 Å². The second-order valence-corrected chi connectivity index (χ2v) is 7.70. The zero-order chi connectivity index (χ0) is 19.9. The van der Waals surface area contributed by atoms with E-state index in [1.54, 1.807) is 12.1 Å². The summed E-state index contributed by atoms with van der Waals surface area (Å²) in [6.45, 7) is 0.507. The van der Waals surface area contributed by atoms with Gasteiger partial charge in [0.25, 0.3) is 0 Å². The van der Waals surface area contributed by atoms with Crippen molar-refractivity contribution in [2.45, 2.75) is 6.61 Å². The third-order valence-corrected chi connectivity index (χ3v) is 5.40. The minimum atomic E-state index is -0.378. The Morgan fingerprint density at radius 1 is 0.929 bits per heavy atom. The highest BCUT2D eigenvalue weighted by molar-refractivity contribution is 9.11. The Kier molecular flexibility index (Phi) is 7.06. The Labute approximate surface area is 181 Å². The van der Waals surface area contributed by atoms with Gasteiger partial charge in [-0.25, -0.2) is 4.79 Å². The fourth-order valence-corrected chi connectivity index (χ4v) is 4.09. The fraction of sp³-hybridized carbons (Fsp3) is 0.0870. The van der Waals surface area contributed by atoms with E-state index in [2.05, 4.69) is 31.9 Å². The van der Waals surface area contributed by atoms with Gasteiger partial charge < -0.3 is 9.47 Å². The van der Waals surface area contributed by atoms with Crippen molar-refractivity contribution < 1.29 is 14.3 Å². The quantitative estimate of drug-likeness (QED) is 0.277. The van der Waals surface area contributed by atoms with E-state index < -0.39 is 0 Å². The summed E-state index contributed by atoms with van der Waals surface area (Å²) in [5.41, 5.74) is 3.48. The molecule has 0 unspecified atom stereocenters. The second-order valence-electron chi connectivity index (χ2n) is 5.99. The van der Waals surface area contributed by atoms with Crippen LogP contribution >= 0.6 is 31.9 Å². The topological polar surface area (TPSA) is 35.5 Å². The van der Waals surface area contributed by atoms with E-state index in [0.717, 1.165) is 31.4 Å². The highest BCUT2D eigenvalue weighted by Gasteiger charge is 2.11. The van der Waals surface area contributed by atoms with Gasteiger partial charge in [-0.3, -0.25) is 0 Å². The van der Waals surface area contributed by atoms with Crippen molar-refractivity contribution in [3.8, 4) is 5.75 Å². The summed E-state index contributed by atoms with van der Waals surface area (Å²) in [6, 6.07) is 21.4. The van der Waals surface area contributed by atoms with E-state index in [1.807, 2.05) is 66.7 Å². The van der Waals surface area contributed by atoms with Crippen LogP contribution in [0.4, 0.5) is 0 Å². The van der Waals surface area contributed by atoms with Gasteiger partial charge in [0.2, 0.25) is 0 Å². The summed E-state index contributed by atoms with van der Waals surface area (Å²) >= 11 is 7.06. The molecular formula is C23H18Br2O3. The molecule has 0 N–H and O–H groups in total. The number of benzene rings is 3. The van der Waals surface area contributed by atoms with Crippen LogP contribution < -0.4 is 4.74 Å². The van der Waals surface area contributed by atoms with Crippen molar-refractivity contribution in [1.29, 1.82) is 0 Å². The van der Waals surface area contributed by atoms with Crippen LogP contribution in [0, 0.1) is 0 Å². The molecule has 0 aromatic heterocycles. The van der Waals surface area contributed by atoms with Crippen molar-refractivity contribution in [3.05, 3.63) is 97.9 Å². The Hall–Kier alpha value is -2.37. The van der Waals surface area contributed by atoms with Gasteiger partial charge in [-0.1, -0.05) is 92.5 Å². The standard InChI is InChI=1S/C23H18Br2O3/c1-27-23(26)18-13-20(24)19(21(25)14-18)12-11-17-9-5-6-10-22(17)28-15-16-7-3-2-4-8-16/h2-14H,15H2,1H3. The first-order valence-electron chi connectivity index (χ1n) is 8.59. The van der Waals surface area contributed by atoms with E-state index in [1.165, 1.54) is 7.11 Å². The lowest BCUT2D eigenvalue weighted by Gasteiger charge is -2.10. The highest BCUT2D eigenvalue weighted by Crippen LogP contribution is 2.30. The average molecular weight is 502 g/mol. The minimum Gasteiger partial charge on any atom is -0.488 e. The first kappa shape index (κ1) is 20.4. The van der Waals surface area contributed by atoms with Crippen LogP contribution in [-0.4, -0.2) is 13.1 Å². The van der Waals surface area contributed by atoms with Gasteiger partial charge in [-0.05, 0) is 23.8 Å². The number of carbonyl (C=O) groups is 1. The highest BCUT2D eigenvalue weighted by atomic mass is 79.9. The van der Waals surface area contributed by atoms with Crippen LogP contribution in [0.15, 0.2) is 75.7 Å². The van der Waals surface area contributed by atoms with Gasteiger partial charge in [0.05, 0.1) is 12.7 Å². The SMILES string of the molecule is COC(=O)c1cc(Br)c(C=Cc2ccccc2OCc2ccccc2)c(Br)c1. The monoisotopic (exact) mass is 500 g/mol. The lowest BCUT2D eigenvalue weighted by molar-refractivity contribution is 0.0600. The minimum absolute atomic E-state index is 0.378. The molecule has 0 aliphatic heterocycles. The van der Waals surface area contributed by atoms with E-state index in [4.69, 9.17) is 9.47 Å². The normalized spacial score (nSPS) is 10.8. The molecule has 0 spiro atoms. The maximum Gasteiger partial charge on any atom is 0.337 e. The predicted molar refractivity (Wildman–Crippen MR) is 119 cm³/mol. The summed E-state index contributed by atoms with van der Waals surface area (Å²) in [4.78, 5) is 11.7. The van der Waals surface area contributed by atoms with Crippen LogP contribution in [0.5, 0.6) is 5.75 Å². The van der Waals surface area contributed by atoms with E-state index >= 15 is 0 Å². The second kappa shape index (κ2) is 9.71. The molecule has 0 heterocycles. The van der Waals surface area contributed by atoms with E-state index in [0.29, 0.717) is 12.2 Å². The summed E-state index contributed by atoms with van der Waals surface area (Å²) in [7, 11) is 1.37. The molecule has 0 bridgehead atoms. The summed E-state index contributed by atoms with van der Waals surface area (Å²) in [5, 5.41) is 0. The van der Waals surface area contributed by atoms with Gasteiger partial charge in [-0.2, -0.15) is 0 Å². The molecule has 0 saturated carbocycles. The van der Waals surface area contributed by atoms with Crippen molar-refractivity contribution in [3.63, 3.8) is 0 Å². The summed E-state index contributed by atoms with van der Waals surface area (Å²) in [5.74, 6) is 0.428. The van der Waals surface area contributed by atoms with Gasteiger partial charge >= 0.3 is 5.97 Å². The third-order valence-electron chi connectivity index (χ3n) is 4.09. The number of carbonyl (C=O) groups excluding carboxylic acids is 1. The van der Waals surface area contributed by atoms with Gasteiger partial charge in [-0.15, -0.1) is 0 Å². The van der Waals surface area contributed by atoms with E-state index in [9.17, 15) is 4.79 Å². The molecule has 0 saturated heterocycles. The van der Waals surface area contributed by atoms with Crippen LogP contribution in [0.2, 0.25) is 0 Å². The Balaban J connectivity index is 1.82. The number of methoxy groups -OCH3 is 1. The zero-order valence-corrected chi connectivity index (χ0v) is 18.4. The first-order valence-corrected chi connectivity index (χ1v) is 10.2. The molecule has 0 aliphatic carbocycles. The molecule has 0 radical (unpaired) electrons. The number of ether oxygens (including phenoxy) is 2. The molecule has 3 aromatic rings. The average Bonchev–Trinajstić information content (AvgIpc) is 2.72. The van der Waals surface area contributed by atoms with Crippen molar-refractivity contribution in [2.75, 3.05) is 7.11 Å². The number of rotatable bonds is 6. The molecule has 0 atom stereocenters. The van der Waals surface area contributed by atoms with E-state index in [-0.39, 0.29) is 5.97 Å². The van der Waals surface area contributed by atoms with Crippen LogP contribution in [-0.2, 0) is 11.3 Å². The predicted octanol–water partition coefficient (Wildman–Crippen LogP) is 6.75.